The van der Waals surface area contributed by atoms with Gasteiger partial charge in [-0.25, -0.2) is 0 Å². The van der Waals surface area contributed by atoms with Crippen LogP contribution in [0.5, 0.6) is 0 Å². The van der Waals surface area contributed by atoms with Crippen molar-refractivity contribution in [1.82, 2.24) is 5.06 Å². The van der Waals surface area contributed by atoms with Gasteiger partial charge in [-0.2, -0.15) is 10.3 Å². The maximum Gasteiger partial charge on any atom is 0.249 e. The van der Waals surface area contributed by atoms with Gasteiger partial charge in [0.25, 0.3) is 0 Å². The molecule has 0 aromatic carbocycles. The monoisotopic (exact) mass is 430 g/mol. The summed E-state index contributed by atoms with van der Waals surface area (Å²) in [7, 11) is 0. The van der Waals surface area contributed by atoms with Crippen LogP contribution in [0.25, 0.3) is 0 Å². The van der Waals surface area contributed by atoms with Gasteiger partial charge >= 0.3 is 0 Å². The lowest BCUT2D eigenvalue weighted by Crippen LogP contribution is -2.46. The second kappa shape index (κ2) is 7.28. The Labute approximate surface area is 177 Å². The molecule has 0 N–H and O–H groups in total. The van der Waals surface area contributed by atoms with Crippen LogP contribution < -0.4 is 0 Å². The van der Waals surface area contributed by atoms with Crippen LogP contribution in [0.2, 0.25) is 0 Å². The number of ether oxygens (including phenoxy) is 5. The van der Waals surface area contributed by atoms with Gasteiger partial charge in [0.15, 0.2) is 17.8 Å². The highest BCUT2D eigenvalue weighted by Gasteiger charge is 2.63. The van der Waals surface area contributed by atoms with E-state index < -0.39 is 29.0 Å². The molecule has 4 saturated heterocycles. The zero-order valence-electron chi connectivity index (χ0n) is 17.9. The van der Waals surface area contributed by atoms with E-state index in [2.05, 4.69) is 19.9 Å². The van der Waals surface area contributed by atoms with Crippen molar-refractivity contribution in [3.05, 3.63) is 0 Å². The molecule has 0 aromatic heterocycles. The molecule has 0 bridgehead atoms. The summed E-state index contributed by atoms with van der Waals surface area (Å²) in [5.41, 5.74) is 0. The van der Waals surface area contributed by atoms with Crippen LogP contribution in [0.15, 0.2) is 0 Å². The first-order valence-corrected chi connectivity index (χ1v) is 10.7. The Kier molecular flexibility index (Phi) is 5.45. The molecule has 0 saturated carbocycles. The Bertz CT molecular complexity index is 682. The highest BCUT2D eigenvalue weighted by atomic mass is 35.5. The largest absolute Gasteiger partial charge is 0.349 e. The first-order valence-electron chi connectivity index (χ1n) is 10.3. The van der Waals surface area contributed by atoms with E-state index in [0.29, 0.717) is 18.9 Å². The number of rotatable bonds is 4. The molecule has 0 spiro atoms. The molecule has 29 heavy (non-hydrogen) atoms. The Balaban J connectivity index is 1.60. The highest BCUT2D eigenvalue weighted by Crippen LogP contribution is 2.47. The zero-order chi connectivity index (χ0) is 21.2. The van der Waals surface area contributed by atoms with Crippen LogP contribution in [-0.4, -0.2) is 65.0 Å². The van der Waals surface area contributed by atoms with Crippen LogP contribution in [0, 0.1) is 17.2 Å². The average molecular weight is 431 g/mol. The molecular formula is C20H31ClN2O6. The van der Waals surface area contributed by atoms with E-state index in [1.807, 2.05) is 27.7 Å². The van der Waals surface area contributed by atoms with Gasteiger partial charge in [-0.05, 0) is 40.0 Å². The van der Waals surface area contributed by atoms with E-state index in [4.69, 9.17) is 40.1 Å². The molecule has 4 heterocycles. The average Bonchev–Trinajstić information content (AvgIpc) is 3.28. The van der Waals surface area contributed by atoms with Gasteiger partial charge in [0.2, 0.25) is 5.06 Å². The van der Waals surface area contributed by atoms with Crippen molar-refractivity contribution in [2.75, 3.05) is 6.61 Å². The molecule has 8 nitrogen and oxygen atoms in total. The number of hydrogen-bond acceptors (Lipinski definition) is 8. The summed E-state index contributed by atoms with van der Waals surface area (Å²) in [5.74, 6) is -1.03. The summed E-state index contributed by atoms with van der Waals surface area (Å²) >= 11 is 6.41. The Hall–Kier alpha value is -0.500. The van der Waals surface area contributed by atoms with E-state index in [-0.39, 0.29) is 24.4 Å². The second-order valence-electron chi connectivity index (χ2n) is 9.70. The zero-order valence-corrected chi connectivity index (χ0v) is 18.6. The number of nitriles is 1. The Morgan fingerprint density at radius 3 is 2.34 bits per heavy atom. The van der Waals surface area contributed by atoms with Crippen molar-refractivity contribution in [3.8, 4) is 6.07 Å². The molecule has 4 fully saturated rings. The fourth-order valence-electron chi connectivity index (χ4n) is 4.72. The van der Waals surface area contributed by atoms with Crippen LogP contribution in [-0.2, 0) is 28.5 Å². The van der Waals surface area contributed by atoms with Crippen LogP contribution in [0.3, 0.4) is 0 Å². The van der Waals surface area contributed by atoms with Gasteiger partial charge in [-0.3, -0.25) is 4.84 Å². The van der Waals surface area contributed by atoms with Gasteiger partial charge < -0.3 is 23.7 Å². The van der Waals surface area contributed by atoms with Gasteiger partial charge in [-0.1, -0.05) is 25.4 Å². The minimum Gasteiger partial charge on any atom is -0.349 e. The second-order valence-corrected chi connectivity index (χ2v) is 10.3. The Morgan fingerprint density at radius 1 is 1.07 bits per heavy atom. The first-order chi connectivity index (χ1) is 13.4. The van der Waals surface area contributed by atoms with Gasteiger partial charge in [0.1, 0.15) is 30.5 Å². The van der Waals surface area contributed by atoms with Crippen LogP contribution in [0.4, 0.5) is 0 Å². The van der Waals surface area contributed by atoms with Crippen molar-refractivity contribution in [3.63, 3.8) is 0 Å². The molecule has 1 unspecified atom stereocenters. The lowest BCUT2D eigenvalue weighted by molar-refractivity contribution is -0.292. The third kappa shape index (κ3) is 4.17. The summed E-state index contributed by atoms with van der Waals surface area (Å²) in [6, 6.07) is 2.01. The van der Waals surface area contributed by atoms with Crippen LogP contribution in [0.1, 0.15) is 54.4 Å². The minimum absolute atomic E-state index is 0.0685. The standard InChI is InChI=1S/C20H31ClN2O6/c1-11(2)7-12-8-20(21,10-22)29-23(12)17-16-15(27-19(5,6)28-16)14(25-17)13-9-24-18(3,4)26-13/h11-17H,7-9H2,1-6H3/t12-,13+,14-,15+,16+,17+,20?/m0/s1. The molecule has 4 aliphatic rings. The van der Waals surface area contributed by atoms with E-state index >= 15 is 0 Å². The van der Waals surface area contributed by atoms with Crippen molar-refractivity contribution in [1.29, 1.82) is 5.26 Å². The Morgan fingerprint density at radius 2 is 1.76 bits per heavy atom. The predicted octanol–water partition coefficient (Wildman–Crippen LogP) is 2.89. The summed E-state index contributed by atoms with van der Waals surface area (Å²) in [4.78, 5) is 5.93. The SMILES string of the molecule is CC(C)C[C@H]1CC(Cl)(C#N)ON1[C@@H]1O[C@@H]([C@H]2COC(C)(C)O2)[C@H]2OC(C)(C)O[C@H]21. The number of alkyl halides is 1. The van der Waals surface area contributed by atoms with Crippen molar-refractivity contribution in [2.24, 2.45) is 5.92 Å². The summed E-state index contributed by atoms with van der Waals surface area (Å²) in [6.45, 7) is 12.2. The van der Waals surface area contributed by atoms with E-state index in [1.165, 1.54) is 0 Å². The normalized spacial score (nSPS) is 46.3. The number of hydrogen-bond donors (Lipinski definition) is 0. The highest BCUT2D eigenvalue weighted by molar-refractivity contribution is 6.24. The van der Waals surface area contributed by atoms with E-state index in [9.17, 15) is 5.26 Å². The molecule has 0 radical (unpaired) electrons. The quantitative estimate of drug-likeness (QED) is 0.629. The molecule has 0 aliphatic carbocycles. The molecule has 4 rings (SSSR count). The third-order valence-electron chi connectivity index (χ3n) is 5.73. The lowest BCUT2D eigenvalue weighted by Gasteiger charge is -2.33. The van der Waals surface area contributed by atoms with E-state index in [1.54, 1.807) is 5.06 Å². The molecule has 0 aromatic rings. The number of fused-ring (bicyclic) bond motifs is 1. The molecule has 7 atom stereocenters. The first kappa shape index (κ1) is 21.7. The summed E-state index contributed by atoms with van der Waals surface area (Å²) in [6.07, 6.45) is -0.754. The molecule has 164 valence electrons. The van der Waals surface area contributed by atoms with Gasteiger partial charge in [-0.15, -0.1) is 0 Å². The molecular weight excluding hydrogens is 400 g/mol. The number of nitrogens with zero attached hydrogens (tertiary/aromatic N) is 2. The predicted molar refractivity (Wildman–Crippen MR) is 102 cm³/mol. The number of halogens is 1. The summed E-state index contributed by atoms with van der Waals surface area (Å²) in [5, 5.41) is 9.84. The fourth-order valence-corrected chi connectivity index (χ4v) is 4.98. The minimum atomic E-state index is -1.40. The molecule has 9 heteroatoms. The van der Waals surface area contributed by atoms with Crippen molar-refractivity contribution >= 4 is 11.6 Å². The smallest absolute Gasteiger partial charge is 0.249 e. The number of hydroxylamine groups is 2. The maximum atomic E-state index is 9.52. The fraction of sp³-hybridized carbons (Fsp3) is 0.950. The molecule has 4 aliphatic heterocycles. The van der Waals surface area contributed by atoms with E-state index in [0.717, 1.165) is 6.42 Å². The van der Waals surface area contributed by atoms with Crippen LogP contribution >= 0.6 is 11.6 Å². The van der Waals surface area contributed by atoms with Crippen molar-refractivity contribution in [2.45, 2.75) is 108 Å². The van der Waals surface area contributed by atoms with Gasteiger partial charge in [0.05, 0.1) is 6.61 Å². The maximum absolute atomic E-state index is 9.52. The lowest BCUT2D eigenvalue weighted by atomic mass is 9.99. The molecule has 0 amide bonds. The summed E-state index contributed by atoms with van der Waals surface area (Å²) < 4.78 is 30.6. The van der Waals surface area contributed by atoms with Crippen molar-refractivity contribution < 1.29 is 28.5 Å². The third-order valence-corrected chi connectivity index (χ3v) is 6.04. The topological polar surface area (TPSA) is 82.4 Å². The van der Waals surface area contributed by atoms with Gasteiger partial charge in [0, 0.05) is 12.5 Å².